The summed E-state index contributed by atoms with van der Waals surface area (Å²) in [5.74, 6) is -1.12. The molecule has 6 nitrogen and oxygen atoms in total. The number of carboxylic acids is 1. The van der Waals surface area contributed by atoms with E-state index < -0.39 is 12.0 Å². The highest BCUT2D eigenvalue weighted by Crippen LogP contribution is 2.25. The second-order valence-electron chi connectivity index (χ2n) is 4.63. The molecule has 1 atom stereocenters. The predicted molar refractivity (Wildman–Crippen MR) is 79.1 cm³/mol. The Hall–Kier alpha value is -2.34. The smallest absolute Gasteiger partial charge is 0.328 e. The fourth-order valence-electron chi connectivity index (χ4n) is 2.33. The molecule has 0 saturated carbocycles. The average molecular weight is 290 g/mol. The third kappa shape index (κ3) is 3.61. The van der Waals surface area contributed by atoms with E-state index in [9.17, 15) is 9.59 Å². The quantitative estimate of drug-likeness (QED) is 0.799. The lowest BCUT2D eigenvalue weighted by Crippen LogP contribution is -2.53. The van der Waals surface area contributed by atoms with Crippen molar-refractivity contribution in [2.45, 2.75) is 6.04 Å². The number of hydrogen-bond acceptors (Lipinski definition) is 4. The van der Waals surface area contributed by atoms with Gasteiger partial charge in [0.1, 0.15) is 6.04 Å². The summed E-state index contributed by atoms with van der Waals surface area (Å²) in [6.45, 7) is 1.43. The van der Waals surface area contributed by atoms with Gasteiger partial charge in [-0.25, -0.2) is 4.79 Å². The van der Waals surface area contributed by atoms with Gasteiger partial charge in [-0.3, -0.25) is 4.79 Å². The Morgan fingerprint density at radius 2 is 2.19 bits per heavy atom. The van der Waals surface area contributed by atoms with Crippen molar-refractivity contribution in [1.29, 1.82) is 0 Å². The van der Waals surface area contributed by atoms with Crippen molar-refractivity contribution in [3.05, 3.63) is 35.9 Å². The zero-order valence-electron chi connectivity index (χ0n) is 11.8. The Morgan fingerprint density at radius 3 is 2.90 bits per heavy atom. The Morgan fingerprint density at radius 1 is 1.43 bits per heavy atom. The van der Waals surface area contributed by atoms with E-state index in [0.717, 1.165) is 17.3 Å². The number of nitrogens with zero attached hydrogens (tertiary/aromatic N) is 1. The van der Waals surface area contributed by atoms with Crippen molar-refractivity contribution in [1.82, 2.24) is 5.32 Å². The van der Waals surface area contributed by atoms with E-state index in [1.807, 2.05) is 29.2 Å². The minimum absolute atomic E-state index is 0.119. The van der Waals surface area contributed by atoms with Gasteiger partial charge in [-0.1, -0.05) is 18.2 Å². The number of anilines is 1. The molecule has 1 heterocycles. The van der Waals surface area contributed by atoms with E-state index >= 15 is 0 Å². The molecule has 1 aliphatic heterocycles. The first-order valence-corrected chi connectivity index (χ1v) is 6.69. The molecule has 1 amide bonds. The third-order valence-electron chi connectivity index (χ3n) is 3.33. The van der Waals surface area contributed by atoms with E-state index in [1.54, 1.807) is 7.05 Å². The number of likely N-dealkylation sites (N-methyl/N-ethyl adjacent to an activating group) is 1. The maximum absolute atomic E-state index is 12.0. The van der Waals surface area contributed by atoms with Gasteiger partial charge in [0.25, 0.3) is 0 Å². The van der Waals surface area contributed by atoms with Crippen molar-refractivity contribution in [2.75, 3.05) is 31.7 Å². The molecule has 112 valence electrons. The number of morpholine rings is 1. The summed E-state index contributed by atoms with van der Waals surface area (Å²) < 4.78 is 5.38. The standard InChI is InChI=1S/C15H18N2O4/c1-16-15(20)13-10-21-9-8-17(13)12-5-3-2-4-11(12)6-7-14(18)19/h2-7,13H,8-10H2,1H3,(H,16,20)(H,18,19)/b7-6+. The lowest BCUT2D eigenvalue weighted by molar-refractivity contribution is -0.131. The molecule has 1 unspecified atom stereocenters. The van der Waals surface area contributed by atoms with Gasteiger partial charge in [0, 0.05) is 25.4 Å². The van der Waals surface area contributed by atoms with Crippen LogP contribution in [0, 0.1) is 0 Å². The van der Waals surface area contributed by atoms with Gasteiger partial charge >= 0.3 is 5.97 Å². The van der Waals surface area contributed by atoms with Crippen molar-refractivity contribution in [2.24, 2.45) is 0 Å². The highest BCUT2D eigenvalue weighted by atomic mass is 16.5. The molecule has 0 spiro atoms. The molecule has 1 aromatic rings. The van der Waals surface area contributed by atoms with Crippen LogP contribution in [0.5, 0.6) is 0 Å². The zero-order valence-corrected chi connectivity index (χ0v) is 11.8. The Labute approximate surface area is 123 Å². The molecule has 2 rings (SSSR count). The maximum Gasteiger partial charge on any atom is 0.328 e. The summed E-state index contributed by atoms with van der Waals surface area (Å²) in [7, 11) is 1.59. The largest absolute Gasteiger partial charge is 0.478 e. The molecule has 0 aliphatic carbocycles. The van der Waals surface area contributed by atoms with Crippen molar-refractivity contribution >= 4 is 23.6 Å². The van der Waals surface area contributed by atoms with E-state index in [1.165, 1.54) is 6.08 Å². The number of carboxylic acid groups (broad SMARTS) is 1. The lowest BCUT2D eigenvalue weighted by atomic mass is 10.1. The predicted octanol–water partition coefficient (Wildman–Crippen LogP) is 0.736. The number of para-hydroxylation sites is 1. The van der Waals surface area contributed by atoms with Crippen molar-refractivity contribution in [3.63, 3.8) is 0 Å². The van der Waals surface area contributed by atoms with Crippen LogP contribution in [-0.4, -0.2) is 49.8 Å². The topological polar surface area (TPSA) is 78.9 Å². The van der Waals surface area contributed by atoms with E-state index in [-0.39, 0.29) is 5.91 Å². The number of hydrogen-bond donors (Lipinski definition) is 2. The summed E-state index contributed by atoms with van der Waals surface area (Å²) in [4.78, 5) is 24.6. The third-order valence-corrected chi connectivity index (χ3v) is 3.33. The van der Waals surface area contributed by atoms with Crippen LogP contribution in [0.15, 0.2) is 30.3 Å². The second kappa shape index (κ2) is 6.90. The zero-order chi connectivity index (χ0) is 15.2. The lowest BCUT2D eigenvalue weighted by Gasteiger charge is -2.36. The summed E-state index contributed by atoms with van der Waals surface area (Å²) in [6, 6.07) is 6.99. The first-order chi connectivity index (χ1) is 10.1. The summed E-state index contributed by atoms with van der Waals surface area (Å²) in [6.07, 6.45) is 2.63. The fourth-order valence-corrected chi connectivity index (χ4v) is 2.33. The number of rotatable bonds is 4. The molecule has 0 radical (unpaired) electrons. The van der Waals surface area contributed by atoms with Crippen LogP contribution in [0.1, 0.15) is 5.56 Å². The number of carbonyl (C=O) groups excluding carboxylic acids is 1. The molecule has 0 bridgehead atoms. The van der Waals surface area contributed by atoms with Gasteiger partial charge in [0.15, 0.2) is 0 Å². The van der Waals surface area contributed by atoms with Gasteiger partial charge in [-0.2, -0.15) is 0 Å². The van der Waals surface area contributed by atoms with Crippen LogP contribution in [0.4, 0.5) is 5.69 Å². The Bertz CT molecular complexity index is 556. The van der Waals surface area contributed by atoms with Crippen LogP contribution in [0.25, 0.3) is 6.08 Å². The van der Waals surface area contributed by atoms with Gasteiger partial charge < -0.3 is 20.1 Å². The molecule has 0 aromatic heterocycles. The van der Waals surface area contributed by atoms with Crippen LogP contribution in [-0.2, 0) is 14.3 Å². The number of ether oxygens (including phenoxy) is 1. The van der Waals surface area contributed by atoms with Crippen molar-refractivity contribution < 1.29 is 19.4 Å². The van der Waals surface area contributed by atoms with Gasteiger partial charge in [0.2, 0.25) is 5.91 Å². The van der Waals surface area contributed by atoms with Gasteiger partial charge in [-0.05, 0) is 17.7 Å². The highest BCUT2D eigenvalue weighted by Gasteiger charge is 2.29. The summed E-state index contributed by atoms with van der Waals surface area (Å²) in [5, 5.41) is 11.4. The minimum atomic E-state index is -1.00. The van der Waals surface area contributed by atoms with Crippen LogP contribution in [0.2, 0.25) is 0 Å². The Balaban J connectivity index is 2.34. The molecule has 1 saturated heterocycles. The average Bonchev–Trinajstić information content (AvgIpc) is 2.52. The molecule has 6 heteroatoms. The molecular weight excluding hydrogens is 272 g/mol. The van der Waals surface area contributed by atoms with Gasteiger partial charge in [-0.15, -0.1) is 0 Å². The fraction of sp³-hybridized carbons (Fsp3) is 0.333. The van der Waals surface area contributed by atoms with E-state index in [2.05, 4.69) is 5.32 Å². The van der Waals surface area contributed by atoms with Crippen LogP contribution in [0.3, 0.4) is 0 Å². The summed E-state index contributed by atoms with van der Waals surface area (Å²) >= 11 is 0. The number of nitrogens with one attached hydrogen (secondary N) is 1. The van der Waals surface area contributed by atoms with Crippen LogP contribution >= 0.6 is 0 Å². The van der Waals surface area contributed by atoms with E-state index in [4.69, 9.17) is 9.84 Å². The normalized spacial score (nSPS) is 18.7. The van der Waals surface area contributed by atoms with E-state index in [0.29, 0.717) is 19.8 Å². The first-order valence-electron chi connectivity index (χ1n) is 6.69. The molecule has 21 heavy (non-hydrogen) atoms. The molecule has 1 fully saturated rings. The van der Waals surface area contributed by atoms with Crippen molar-refractivity contribution in [3.8, 4) is 0 Å². The Kier molecular flexibility index (Phi) is 4.94. The number of amides is 1. The SMILES string of the molecule is CNC(=O)C1COCCN1c1ccccc1/C=C/C(=O)O. The number of benzene rings is 1. The molecule has 2 N–H and O–H groups in total. The first kappa shape index (κ1) is 15.1. The molecule has 1 aromatic carbocycles. The monoisotopic (exact) mass is 290 g/mol. The van der Waals surface area contributed by atoms with Gasteiger partial charge in [0.05, 0.1) is 13.2 Å². The molecular formula is C15H18N2O4. The minimum Gasteiger partial charge on any atom is -0.478 e. The highest BCUT2D eigenvalue weighted by molar-refractivity contribution is 5.89. The second-order valence-corrected chi connectivity index (χ2v) is 4.63. The number of carbonyl (C=O) groups is 2. The molecule has 1 aliphatic rings. The van der Waals surface area contributed by atoms with Crippen LogP contribution < -0.4 is 10.2 Å². The maximum atomic E-state index is 12.0. The number of aliphatic carboxylic acids is 1. The summed E-state index contributed by atoms with van der Waals surface area (Å²) in [5.41, 5.74) is 1.59.